The van der Waals surface area contributed by atoms with Gasteiger partial charge in [0.1, 0.15) is 0 Å². The molecule has 1 aromatic carbocycles. The molecule has 3 heteroatoms. The topological polar surface area (TPSA) is 55.1 Å². The highest BCUT2D eigenvalue weighted by atomic mass is 16.1. The molecular formula is C14H22N2O. The van der Waals surface area contributed by atoms with Gasteiger partial charge in [0, 0.05) is 12.1 Å². The van der Waals surface area contributed by atoms with Crippen molar-refractivity contribution < 1.29 is 4.79 Å². The van der Waals surface area contributed by atoms with Crippen LogP contribution in [-0.2, 0) is 0 Å². The summed E-state index contributed by atoms with van der Waals surface area (Å²) in [7, 11) is 0. The molecule has 0 aliphatic heterocycles. The minimum absolute atomic E-state index is 0.00500. The maximum Gasteiger partial charge on any atom is 0.251 e. The van der Waals surface area contributed by atoms with Gasteiger partial charge in [-0.2, -0.15) is 0 Å². The van der Waals surface area contributed by atoms with Crippen LogP contribution >= 0.6 is 0 Å². The lowest BCUT2D eigenvalue weighted by atomic mass is 10.1. The van der Waals surface area contributed by atoms with Crippen molar-refractivity contribution in [3.8, 4) is 0 Å². The second-order valence-electron chi connectivity index (χ2n) is 4.61. The molecule has 0 bridgehead atoms. The molecule has 3 N–H and O–H groups in total. The molecule has 0 aliphatic carbocycles. The zero-order valence-corrected chi connectivity index (χ0v) is 10.7. The summed E-state index contributed by atoms with van der Waals surface area (Å²) in [4.78, 5) is 11.7. The molecule has 0 heterocycles. The van der Waals surface area contributed by atoms with Gasteiger partial charge in [-0.25, -0.2) is 0 Å². The number of carbonyl (C=O) groups excluding carboxylic acids is 1. The van der Waals surface area contributed by atoms with E-state index in [1.807, 2.05) is 31.2 Å². The van der Waals surface area contributed by atoms with Gasteiger partial charge in [-0.05, 0) is 44.4 Å². The Balaban J connectivity index is 2.28. The van der Waals surface area contributed by atoms with E-state index in [1.54, 1.807) is 0 Å². The Kier molecular flexibility index (Phi) is 5.70. The number of benzene rings is 1. The van der Waals surface area contributed by atoms with E-state index in [1.165, 1.54) is 5.56 Å². The van der Waals surface area contributed by atoms with E-state index < -0.39 is 0 Å². The van der Waals surface area contributed by atoms with Gasteiger partial charge < -0.3 is 11.1 Å². The van der Waals surface area contributed by atoms with E-state index in [2.05, 4.69) is 12.2 Å². The summed E-state index contributed by atoms with van der Waals surface area (Å²) >= 11 is 0. The molecule has 3 nitrogen and oxygen atoms in total. The molecule has 1 unspecified atom stereocenters. The first kappa shape index (κ1) is 13.7. The molecule has 1 aromatic rings. The highest BCUT2D eigenvalue weighted by Crippen LogP contribution is 2.04. The average Bonchev–Trinajstić information content (AvgIpc) is 2.34. The Labute approximate surface area is 103 Å². The van der Waals surface area contributed by atoms with Crippen molar-refractivity contribution >= 4 is 5.91 Å². The van der Waals surface area contributed by atoms with Gasteiger partial charge in [0.25, 0.3) is 5.91 Å². The lowest BCUT2D eigenvalue weighted by molar-refractivity contribution is 0.0952. The van der Waals surface area contributed by atoms with E-state index >= 15 is 0 Å². The average molecular weight is 234 g/mol. The number of hydrogen-bond donors (Lipinski definition) is 2. The first-order chi connectivity index (χ1) is 8.13. The van der Waals surface area contributed by atoms with E-state index in [0.717, 1.165) is 24.9 Å². The minimum Gasteiger partial charge on any atom is -0.352 e. The van der Waals surface area contributed by atoms with Crippen LogP contribution in [0.1, 0.15) is 35.7 Å². The van der Waals surface area contributed by atoms with Crippen LogP contribution in [0.25, 0.3) is 0 Å². The summed E-state index contributed by atoms with van der Waals surface area (Å²) in [5.74, 6) is 0.539. The van der Waals surface area contributed by atoms with Crippen LogP contribution in [0.15, 0.2) is 24.3 Å². The monoisotopic (exact) mass is 234 g/mol. The quantitative estimate of drug-likeness (QED) is 0.741. The number of hydrogen-bond acceptors (Lipinski definition) is 2. The molecule has 0 aliphatic rings. The highest BCUT2D eigenvalue weighted by molar-refractivity contribution is 5.94. The van der Waals surface area contributed by atoms with Crippen LogP contribution in [0, 0.1) is 12.8 Å². The van der Waals surface area contributed by atoms with Gasteiger partial charge in [0.15, 0.2) is 0 Å². The van der Waals surface area contributed by atoms with Gasteiger partial charge >= 0.3 is 0 Å². The van der Waals surface area contributed by atoms with Crippen molar-refractivity contribution in [3.63, 3.8) is 0 Å². The van der Waals surface area contributed by atoms with Crippen LogP contribution in [0.4, 0.5) is 0 Å². The highest BCUT2D eigenvalue weighted by Gasteiger charge is 2.04. The summed E-state index contributed by atoms with van der Waals surface area (Å²) in [6.45, 7) is 5.57. The molecule has 0 aromatic heterocycles. The molecule has 0 saturated carbocycles. The van der Waals surface area contributed by atoms with Gasteiger partial charge in [0.2, 0.25) is 0 Å². The van der Waals surface area contributed by atoms with Gasteiger partial charge in [0.05, 0.1) is 0 Å². The molecule has 0 saturated heterocycles. The van der Waals surface area contributed by atoms with Crippen molar-refractivity contribution in [2.24, 2.45) is 11.7 Å². The lowest BCUT2D eigenvalue weighted by Gasteiger charge is -2.09. The van der Waals surface area contributed by atoms with E-state index in [9.17, 15) is 4.79 Å². The molecule has 17 heavy (non-hydrogen) atoms. The Hall–Kier alpha value is -1.35. The molecule has 0 fully saturated rings. The Morgan fingerprint density at radius 3 is 2.59 bits per heavy atom. The van der Waals surface area contributed by atoms with Crippen molar-refractivity contribution in [3.05, 3.63) is 35.4 Å². The van der Waals surface area contributed by atoms with Gasteiger partial charge in [-0.3, -0.25) is 4.79 Å². The van der Waals surface area contributed by atoms with Crippen molar-refractivity contribution in [2.75, 3.05) is 13.1 Å². The van der Waals surface area contributed by atoms with Crippen molar-refractivity contribution in [2.45, 2.75) is 26.7 Å². The molecule has 1 rings (SSSR count). The fraction of sp³-hybridized carbons (Fsp3) is 0.500. The van der Waals surface area contributed by atoms with Crippen molar-refractivity contribution in [1.29, 1.82) is 0 Å². The second-order valence-corrected chi connectivity index (χ2v) is 4.61. The normalized spacial score (nSPS) is 12.2. The first-order valence-electron chi connectivity index (χ1n) is 6.18. The molecule has 0 spiro atoms. The smallest absolute Gasteiger partial charge is 0.251 e. The maximum atomic E-state index is 11.7. The maximum absolute atomic E-state index is 11.7. The Bertz CT molecular complexity index is 346. The Morgan fingerprint density at radius 2 is 2.00 bits per heavy atom. The molecular weight excluding hydrogens is 212 g/mol. The van der Waals surface area contributed by atoms with Crippen LogP contribution in [0.3, 0.4) is 0 Å². The number of carbonyl (C=O) groups is 1. The van der Waals surface area contributed by atoms with Gasteiger partial charge in [-0.15, -0.1) is 0 Å². The second kappa shape index (κ2) is 7.07. The van der Waals surface area contributed by atoms with Crippen LogP contribution in [-0.4, -0.2) is 19.0 Å². The summed E-state index contributed by atoms with van der Waals surface area (Å²) < 4.78 is 0. The van der Waals surface area contributed by atoms with Gasteiger partial charge in [-0.1, -0.05) is 24.6 Å². The summed E-state index contributed by atoms with van der Waals surface area (Å²) in [5, 5.41) is 2.92. The number of rotatable bonds is 6. The number of nitrogens with one attached hydrogen (secondary N) is 1. The summed E-state index contributed by atoms with van der Waals surface area (Å²) in [5.41, 5.74) is 7.42. The Morgan fingerprint density at radius 1 is 1.35 bits per heavy atom. The van der Waals surface area contributed by atoms with E-state index in [-0.39, 0.29) is 5.91 Å². The first-order valence-corrected chi connectivity index (χ1v) is 6.18. The third kappa shape index (κ3) is 5.00. The van der Waals surface area contributed by atoms with Crippen LogP contribution in [0.2, 0.25) is 0 Å². The predicted molar refractivity (Wildman–Crippen MR) is 71.0 cm³/mol. The molecule has 1 atom stereocenters. The zero-order chi connectivity index (χ0) is 12.7. The third-order valence-electron chi connectivity index (χ3n) is 2.88. The number of nitrogens with two attached hydrogens (primary N) is 1. The molecule has 0 radical (unpaired) electrons. The van der Waals surface area contributed by atoms with E-state index in [4.69, 9.17) is 5.73 Å². The molecule has 1 amide bonds. The minimum atomic E-state index is 0.00500. The SMILES string of the molecule is Cc1ccc(C(=O)NCCCC(C)CN)cc1. The lowest BCUT2D eigenvalue weighted by Crippen LogP contribution is -2.25. The standard InChI is InChI=1S/C14H22N2O/c1-11-5-7-13(8-6-11)14(17)16-9-3-4-12(2)10-15/h5-8,12H,3-4,9-10,15H2,1-2H3,(H,16,17). The third-order valence-corrected chi connectivity index (χ3v) is 2.88. The van der Waals surface area contributed by atoms with Crippen LogP contribution < -0.4 is 11.1 Å². The van der Waals surface area contributed by atoms with Crippen molar-refractivity contribution in [1.82, 2.24) is 5.32 Å². The zero-order valence-electron chi connectivity index (χ0n) is 10.7. The fourth-order valence-electron chi connectivity index (χ4n) is 1.58. The number of aryl methyl sites for hydroxylation is 1. The fourth-order valence-corrected chi connectivity index (χ4v) is 1.58. The van der Waals surface area contributed by atoms with E-state index in [0.29, 0.717) is 12.5 Å². The summed E-state index contributed by atoms with van der Waals surface area (Å²) in [6, 6.07) is 7.61. The van der Waals surface area contributed by atoms with Crippen LogP contribution in [0.5, 0.6) is 0 Å². The molecule has 94 valence electrons. The summed E-state index contributed by atoms with van der Waals surface area (Å²) in [6.07, 6.45) is 2.04. The number of amides is 1. The largest absolute Gasteiger partial charge is 0.352 e. The predicted octanol–water partition coefficient (Wildman–Crippen LogP) is 2.10.